The molecule has 10 heteroatoms. The minimum atomic E-state index is -0.747. The van der Waals surface area contributed by atoms with Crippen molar-refractivity contribution in [3.8, 4) is 5.75 Å². The van der Waals surface area contributed by atoms with Gasteiger partial charge in [0.2, 0.25) is 5.91 Å². The first-order valence-electron chi connectivity index (χ1n) is 12.3. The smallest absolute Gasteiger partial charge is 0.412 e. The third-order valence-electron chi connectivity index (χ3n) is 5.64. The number of aliphatic hydroxyl groups excluding tert-OH is 1. The van der Waals surface area contributed by atoms with Crippen LogP contribution in [0.1, 0.15) is 24.5 Å². The molecule has 0 aliphatic rings. The van der Waals surface area contributed by atoms with Crippen molar-refractivity contribution in [3.05, 3.63) is 95.0 Å². The monoisotopic (exact) mass is 597 g/mol. The van der Waals surface area contributed by atoms with Crippen LogP contribution in [0.3, 0.4) is 0 Å². The molecule has 0 fully saturated rings. The van der Waals surface area contributed by atoms with E-state index in [9.17, 15) is 9.59 Å². The number of nitrogens with one attached hydrogen (secondary N) is 2. The first kappa shape index (κ1) is 29.7. The zero-order valence-corrected chi connectivity index (χ0v) is 23.1. The van der Waals surface area contributed by atoms with Gasteiger partial charge in [0.25, 0.3) is 0 Å². The van der Waals surface area contributed by atoms with Gasteiger partial charge in [-0.1, -0.05) is 46.3 Å². The van der Waals surface area contributed by atoms with Crippen molar-refractivity contribution < 1.29 is 28.9 Å². The molecular formula is C29H32BrN3O6. The summed E-state index contributed by atoms with van der Waals surface area (Å²) in [5.41, 5.74) is 8.17. The predicted octanol–water partition coefficient (Wildman–Crippen LogP) is 5.68. The number of para-hydroxylation sites is 2. The number of anilines is 3. The minimum Gasteiger partial charge on any atom is -0.491 e. The van der Waals surface area contributed by atoms with E-state index in [1.54, 1.807) is 73.8 Å². The maximum atomic E-state index is 12.8. The number of benzene rings is 3. The minimum absolute atomic E-state index is 0.0975. The topological polar surface area (TPSA) is 132 Å². The predicted molar refractivity (Wildman–Crippen MR) is 155 cm³/mol. The molecule has 0 aliphatic heterocycles. The number of carbonyl (C=O) groups is 2. The van der Waals surface area contributed by atoms with E-state index in [1.807, 2.05) is 12.1 Å². The van der Waals surface area contributed by atoms with Crippen LogP contribution in [0.15, 0.2) is 89.4 Å². The number of nitrogen functional groups attached to an aromatic ring is 1. The van der Waals surface area contributed by atoms with Crippen LogP contribution in [0.25, 0.3) is 0 Å². The van der Waals surface area contributed by atoms with E-state index in [2.05, 4.69) is 26.6 Å². The molecule has 206 valence electrons. The number of nitrogens with two attached hydrogens (primary N) is 1. The first-order valence-corrected chi connectivity index (χ1v) is 13.1. The van der Waals surface area contributed by atoms with Gasteiger partial charge in [-0.15, -0.1) is 0 Å². The summed E-state index contributed by atoms with van der Waals surface area (Å²) in [4.78, 5) is 25.1. The molecule has 0 aliphatic carbocycles. The van der Waals surface area contributed by atoms with Crippen molar-refractivity contribution in [2.75, 3.05) is 36.7 Å². The number of aliphatic hydroxyl groups is 1. The largest absolute Gasteiger partial charge is 0.491 e. The fourth-order valence-corrected chi connectivity index (χ4v) is 3.96. The van der Waals surface area contributed by atoms with Crippen molar-refractivity contribution in [2.24, 2.45) is 0 Å². The van der Waals surface area contributed by atoms with Crippen LogP contribution in [0, 0.1) is 0 Å². The van der Waals surface area contributed by atoms with Crippen molar-refractivity contribution in [2.45, 2.75) is 25.0 Å². The molecule has 5 N–H and O–H groups in total. The zero-order chi connectivity index (χ0) is 28.0. The van der Waals surface area contributed by atoms with E-state index < -0.39 is 18.3 Å². The Morgan fingerprint density at radius 3 is 2.41 bits per heavy atom. The molecule has 0 heterocycles. The molecule has 3 aromatic rings. The summed E-state index contributed by atoms with van der Waals surface area (Å²) in [7, 11) is 1.54. The Balaban J connectivity index is 1.68. The lowest BCUT2D eigenvalue weighted by Crippen LogP contribution is -2.28. The number of methoxy groups -OCH3 is 1. The van der Waals surface area contributed by atoms with Gasteiger partial charge in [-0.2, -0.15) is 0 Å². The maximum absolute atomic E-state index is 12.8. The normalized spacial score (nSPS) is 12.5. The second-order valence-electron chi connectivity index (χ2n) is 8.43. The molecule has 0 saturated carbocycles. The Hall–Kier alpha value is -3.86. The number of rotatable bonds is 13. The van der Waals surface area contributed by atoms with Gasteiger partial charge in [0.15, 0.2) is 6.10 Å². The highest BCUT2D eigenvalue weighted by atomic mass is 79.9. The average Bonchev–Trinajstić information content (AvgIpc) is 2.94. The van der Waals surface area contributed by atoms with E-state index in [1.165, 1.54) is 6.08 Å². The summed E-state index contributed by atoms with van der Waals surface area (Å²) >= 11 is 3.37. The maximum Gasteiger partial charge on any atom is 0.412 e. The van der Waals surface area contributed by atoms with Gasteiger partial charge in [0, 0.05) is 17.3 Å². The van der Waals surface area contributed by atoms with Gasteiger partial charge in [-0.25, -0.2) is 4.79 Å². The van der Waals surface area contributed by atoms with Crippen molar-refractivity contribution in [3.63, 3.8) is 0 Å². The molecule has 2 amide bonds. The first-order chi connectivity index (χ1) is 18.9. The lowest BCUT2D eigenvalue weighted by molar-refractivity contribution is -0.111. The Morgan fingerprint density at radius 1 is 1.03 bits per heavy atom. The van der Waals surface area contributed by atoms with Crippen LogP contribution < -0.4 is 21.1 Å². The van der Waals surface area contributed by atoms with Crippen LogP contribution in [-0.2, 0) is 14.3 Å². The lowest BCUT2D eigenvalue weighted by atomic mass is 10.00. The van der Waals surface area contributed by atoms with Gasteiger partial charge in [-0.05, 0) is 73.0 Å². The second kappa shape index (κ2) is 15.5. The lowest BCUT2D eigenvalue weighted by Gasteiger charge is -2.26. The van der Waals surface area contributed by atoms with Gasteiger partial charge in [-0.3, -0.25) is 10.1 Å². The van der Waals surface area contributed by atoms with Crippen LogP contribution in [-0.4, -0.2) is 43.5 Å². The standard InChI is InChI=1S/C29H32BrN3O6/c1-37-26(8-4-5-9-27(35)33-25-7-3-2-6-24(25)31)28(20-10-16-23(17-11-20)38-19-18-34)39-29(36)32-22-14-12-21(30)13-15-22/h2-3,5-7,9-17,26,28,34H,4,8,18-19,31H2,1H3,(H,32,36)(H,33,35)/b9-5+/t26-,28-/m1/s1. The Kier molecular flexibility index (Phi) is 11.8. The molecular weight excluding hydrogens is 566 g/mol. The Bertz CT molecular complexity index is 1230. The fraction of sp³-hybridized carbons (Fsp3) is 0.241. The zero-order valence-electron chi connectivity index (χ0n) is 21.5. The molecule has 3 rings (SSSR count). The van der Waals surface area contributed by atoms with E-state index >= 15 is 0 Å². The number of hydrogen-bond donors (Lipinski definition) is 4. The highest BCUT2D eigenvalue weighted by molar-refractivity contribution is 9.10. The highest BCUT2D eigenvalue weighted by Gasteiger charge is 2.27. The number of carbonyl (C=O) groups excluding carboxylic acids is 2. The van der Waals surface area contributed by atoms with Crippen molar-refractivity contribution in [1.82, 2.24) is 0 Å². The number of halogens is 1. The van der Waals surface area contributed by atoms with Crippen LogP contribution in [0.5, 0.6) is 5.75 Å². The molecule has 0 saturated heterocycles. The summed E-state index contributed by atoms with van der Waals surface area (Å²) in [6, 6.07) is 21.2. The molecule has 39 heavy (non-hydrogen) atoms. The molecule has 0 radical (unpaired) electrons. The molecule has 0 aromatic heterocycles. The molecule has 2 atom stereocenters. The average molecular weight is 598 g/mol. The fourth-order valence-electron chi connectivity index (χ4n) is 3.70. The number of amides is 2. The molecule has 0 spiro atoms. The van der Waals surface area contributed by atoms with E-state index in [0.717, 1.165) is 4.47 Å². The van der Waals surface area contributed by atoms with Gasteiger partial charge < -0.3 is 30.4 Å². The van der Waals surface area contributed by atoms with Gasteiger partial charge in [0.05, 0.1) is 24.1 Å². The number of ether oxygens (including phenoxy) is 3. The summed E-state index contributed by atoms with van der Waals surface area (Å²) < 4.78 is 17.9. The SMILES string of the molecule is CO[C@H](CC/C=C/C(=O)Nc1ccccc1N)[C@H](OC(=O)Nc1ccc(Br)cc1)c1ccc(OCCO)cc1. The van der Waals surface area contributed by atoms with E-state index in [4.69, 9.17) is 25.1 Å². The summed E-state index contributed by atoms with van der Waals surface area (Å²) in [6.45, 7) is 0.0755. The Labute approximate surface area is 236 Å². The van der Waals surface area contributed by atoms with Crippen molar-refractivity contribution in [1.29, 1.82) is 0 Å². The summed E-state index contributed by atoms with van der Waals surface area (Å²) in [6.07, 6.45) is 2.22. The van der Waals surface area contributed by atoms with Gasteiger partial charge >= 0.3 is 6.09 Å². The summed E-state index contributed by atoms with van der Waals surface area (Å²) in [5.74, 6) is 0.273. The number of hydrogen-bond acceptors (Lipinski definition) is 7. The number of allylic oxidation sites excluding steroid dienone is 1. The third kappa shape index (κ3) is 9.75. The second-order valence-corrected chi connectivity index (χ2v) is 9.34. The Morgan fingerprint density at radius 2 is 1.74 bits per heavy atom. The van der Waals surface area contributed by atoms with E-state index in [0.29, 0.717) is 41.2 Å². The molecule has 0 unspecified atom stereocenters. The summed E-state index contributed by atoms with van der Waals surface area (Å²) in [5, 5.41) is 14.5. The third-order valence-corrected chi connectivity index (χ3v) is 6.17. The molecule has 9 nitrogen and oxygen atoms in total. The van der Waals surface area contributed by atoms with Crippen molar-refractivity contribution >= 4 is 45.0 Å². The van der Waals surface area contributed by atoms with Gasteiger partial charge in [0.1, 0.15) is 12.4 Å². The van der Waals surface area contributed by atoms with E-state index in [-0.39, 0.29) is 19.1 Å². The molecule has 0 bridgehead atoms. The quantitative estimate of drug-likeness (QED) is 0.147. The van der Waals surface area contributed by atoms with Crippen LogP contribution >= 0.6 is 15.9 Å². The van der Waals surface area contributed by atoms with Crippen LogP contribution in [0.4, 0.5) is 21.9 Å². The highest BCUT2D eigenvalue weighted by Crippen LogP contribution is 2.29. The van der Waals surface area contributed by atoms with Crippen LogP contribution in [0.2, 0.25) is 0 Å². The molecule has 3 aromatic carbocycles.